The Morgan fingerprint density at radius 2 is 1.92 bits per heavy atom. The van der Waals surface area contributed by atoms with E-state index in [1.165, 1.54) is 0 Å². The Bertz CT molecular complexity index is 711. The summed E-state index contributed by atoms with van der Waals surface area (Å²) >= 11 is 0. The number of anilines is 1. The molecular formula is C19H23NO6. The van der Waals surface area contributed by atoms with Gasteiger partial charge in [-0.2, -0.15) is 0 Å². The number of furan rings is 1. The third-order valence-electron chi connectivity index (χ3n) is 3.36. The van der Waals surface area contributed by atoms with Crippen molar-refractivity contribution in [1.29, 1.82) is 0 Å². The second-order valence-corrected chi connectivity index (χ2v) is 5.31. The third kappa shape index (κ3) is 6.16. The second kappa shape index (κ2) is 10.1. The summed E-state index contributed by atoms with van der Waals surface area (Å²) in [5.41, 5.74) is 0.467. The average molecular weight is 361 g/mol. The SMILES string of the molecule is CCOc1ccc(OCC)c(NC(=O)COC(=O)CCc2ccco2)c1. The lowest BCUT2D eigenvalue weighted by Crippen LogP contribution is -2.21. The van der Waals surface area contributed by atoms with Crippen molar-refractivity contribution in [2.75, 3.05) is 25.1 Å². The molecule has 1 aromatic carbocycles. The summed E-state index contributed by atoms with van der Waals surface area (Å²) in [6, 6.07) is 8.68. The van der Waals surface area contributed by atoms with Gasteiger partial charge >= 0.3 is 5.97 Å². The van der Waals surface area contributed by atoms with Crippen molar-refractivity contribution in [1.82, 2.24) is 0 Å². The van der Waals surface area contributed by atoms with Crippen molar-refractivity contribution in [3.8, 4) is 11.5 Å². The molecule has 0 unspecified atom stereocenters. The van der Waals surface area contributed by atoms with Gasteiger partial charge in [-0.15, -0.1) is 0 Å². The molecule has 1 heterocycles. The number of hydrogen-bond acceptors (Lipinski definition) is 6. The van der Waals surface area contributed by atoms with E-state index in [2.05, 4.69) is 5.32 Å². The number of rotatable bonds is 10. The van der Waals surface area contributed by atoms with Gasteiger partial charge in [0, 0.05) is 12.5 Å². The van der Waals surface area contributed by atoms with Crippen molar-refractivity contribution in [3.05, 3.63) is 42.4 Å². The number of carbonyl (C=O) groups is 2. The van der Waals surface area contributed by atoms with E-state index in [0.29, 0.717) is 42.6 Å². The summed E-state index contributed by atoms with van der Waals surface area (Å²) in [5.74, 6) is 0.909. The van der Waals surface area contributed by atoms with E-state index in [1.54, 1.807) is 36.6 Å². The van der Waals surface area contributed by atoms with Crippen LogP contribution in [0.15, 0.2) is 41.0 Å². The van der Waals surface area contributed by atoms with Crippen molar-refractivity contribution in [3.63, 3.8) is 0 Å². The van der Waals surface area contributed by atoms with Crippen LogP contribution >= 0.6 is 0 Å². The van der Waals surface area contributed by atoms with Crippen LogP contribution in [0.4, 0.5) is 5.69 Å². The van der Waals surface area contributed by atoms with Crippen molar-refractivity contribution in [2.45, 2.75) is 26.7 Å². The van der Waals surface area contributed by atoms with Gasteiger partial charge in [0.1, 0.15) is 17.3 Å². The van der Waals surface area contributed by atoms with Gasteiger partial charge in [0.05, 0.1) is 31.6 Å². The van der Waals surface area contributed by atoms with Crippen LogP contribution in [0.5, 0.6) is 11.5 Å². The topological polar surface area (TPSA) is 87.0 Å². The van der Waals surface area contributed by atoms with Crippen LogP contribution < -0.4 is 14.8 Å². The molecule has 0 saturated heterocycles. The van der Waals surface area contributed by atoms with Crippen LogP contribution in [0.25, 0.3) is 0 Å². The third-order valence-corrected chi connectivity index (χ3v) is 3.36. The lowest BCUT2D eigenvalue weighted by atomic mass is 10.2. The van der Waals surface area contributed by atoms with E-state index in [-0.39, 0.29) is 13.0 Å². The van der Waals surface area contributed by atoms with E-state index >= 15 is 0 Å². The van der Waals surface area contributed by atoms with Crippen molar-refractivity contribution >= 4 is 17.6 Å². The highest BCUT2D eigenvalue weighted by Crippen LogP contribution is 2.29. The van der Waals surface area contributed by atoms with Gasteiger partial charge in [0.25, 0.3) is 5.91 Å². The zero-order valence-electron chi connectivity index (χ0n) is 14.9. The zero-order valence-corrected chi connectivity index (χ0v) is 14.9. The Morgan fingerprint density at radius 1 is 1.12 bits per heavy atom. The van der Waals surface area contributed by atoms with Gasteiger partial charge in [-0.05, 0) is 38.1 Å². The lowest BCUT2D eigenvalue weighted by molar-refractivity contribution is -0.147. The number of carbonyl (C=O) groups excluding carboxylic acids is 2. The Morgan fingerprint density at radius 3 is 2.62 bits per heavy atom. The average Bonchev–Trinajstić information content (AvgIpc) is 3.14. The van der Waals surface area contributed by atoms with Crippen LogP contribution in [0.1, 0.15) is 26.0 Å². The zero-order chi connectivity index (χ0) is 18.8. The fourth-order valence-electron chi connectivity index (χ4n) is 2.23. The minimum Gasteiger partial charge on any atom is -0.494 e. The summed E-state index contributed by atoms with van der Waals surface area (Å²) in [6.45, 7) is 4.31. The van der Waals surface area contributed by atoms with Crippen LogP contribution in [0.2, 0.25) is 0 Å². The van der Waals surface area contributed by atoms with E-state index < -0.39 is 11.9 Å². The number of aryl methyl sites for hydroxylation is 1. The Hall–Kier alpha value is -2.96. The van der Waals surface area contributed by atoms with Gasteiger partial charge in [0.15, 0.2) is 6.61 Å². The summed E-state index contributed by atoms with van der Waals surface area (Å²) < 4.78 is 21.0. The van der Waals surface area contributed by atoms with Gasteiger partial charge in [0.2, 0.25) is 0 Å². The van der Waals surface area contributed by atoms with E-state index in [9.17, 15) is 9.59 Å². The largest absolute Gasteiger partial charge is 0.494 e. The molecular weight excluding hydrogens is 338 g/mol. The normalized spacial score (nSPS) is 10.2. The molecule has 0 fully saturated rings. The quantitative estimate of drug-likeness (QED) is 0.654. The maximum Gasteiger partial charge on any atom is 0.306 e. The number of esters is 1. The molecule has 26 heavy (non-hydrogen) atoms. The molecule has 1 N–H and O–H groups in total. The molecule has 0 radical (unpaired) electrons. The maximum absolute atomic E-state index is 12.1. The second-order valence-electron chi connectivity index (χ2n) is 5.31. The molecule has 2 rings (SSSR count). The molecule has 0 bridgehead atoms. The molecule has 0 aliphatic heterocycles. The first kappa shape index (κ1) is 19.4. The van der Waals surface area contributed by atoms with Gasteiger partial charge in [-0.3, -0.25) is 9.59 Å². The standard InChI is InChI=1S/C19H23NO6/c1-3-23-15-7-9-17(24-4-2)16(12-15)20-18(21)13-26-19(22)10-8-14-6-5-11-25-14/h5-7,9,11-12H,3-4,8,10,13H2,1-2H3,(H,20,21). The molecule has 140 valence electrons. The lowest BCUT2D eigenvalue weighted by Gasteiger charge is -2.13. The summed E-state index contributed by atoms with van der Waals surface area (Å²) in [4.78, 5) is 23.8. The first-order valence-electron chi connectivity index (χ1n) is 8.49. The number of benzene rings is 1. The predicted molar refractivity (Wildman–Crippen MR) is 95.4 cm³/mol. The summed E-state index contributed by atoms with van der Waals surface area (Å²) in [5, 5.41) is 2.68. The molecule has 0 atom stereocenters. The molecule has 1 amide bonds. The minimum atomic E-state index is -0.468. The number of nitrogens with one attached hydrogen (secondary N) is 1. The highest BCUT2D eigenvalue weighted by atomic mass is 16.5. The van der Waals surface area contributed by atoms with E-state index in [4.69, 9.17) is 18.6 Å². The maximum atomic E-state index is 12.1. The smallest absolute Gasteiger partial charge is 0.306 e. The summed E-state index contributed by atoms with van der Waals surface area (Å²) in [7, 11) is 0. The molecule has 7 heteroatoms. The minimum absolute atomic E-state index is 0.144. The monoisotopic (exact) mass is 361 g/mol. The van der Waals surface area contributed by atoms with Gasteiger partial charge in [-0.25, -0.2) is 0 Å². The molecule has 7 nitrogen and oxygen atoms in total. The number of ether oxygens (including phenoxy) is 3. The predicted octanol–water partition coefficient (Wildman–Crippen LogP) is 3.19. The highest BCUT2D eigenvalue weighted by Gasteiger charge is 2.12. The first-order chi connectivity index (χ1) is 12.6. The van der Waals surface area contributed by atoms with Crippen molar-refractivity contribution in [2.24, 2.45) is 0 Å². The molecule has 1 aromatic heterocycles. The van der Waals surface area contributed by atoms with Crippen LogP contribution in [0, 0.1) is 0 Å². The van der Waals surface area contributed by atoms with Crippen molar-refractivity contribution < 1.29 is 28.2 Å². The molecule has 0 aliphatic rings. The van der Waals surface area contributed by atoms with Crippen LogP contribution in [0.3, 0.4) is 0 Å². The molecule has 2 aromatic rings. The molecule has 0 spiro atoms. The molecule has 0 aliphatic carbocycles. The first-order valence-corrected chi connectivity index (χ1v) is 8.49. The fourth-order valence-corrected chi connectivity index (χ4v) is 2.23. The van der Waals surface area contributed by atoms with E-state index in [1.807, 2.05) is 13.8 Å². The Kier molecular flexibility index (Phi) is 7.54. The Labute approximate surface area is 152 Å². The summed E-state index contributed by atoms with van der Waals surface area (Å²) in [6.07, 6.45) is 2.11. The highest BCUT2D eigenvalue weighted by molar-refractivity contribution is 5.94. The van der Waals surface area contributed by atoms with Crippen LogP contribution in [-0.4, -0.2) is 31.7 Å². The van der Waals surface area contributed by atoms with Gasteiger partial charge < -0.3 is 23.9 Å². The van der Waals surface area contributed by atoms with Crippen LogP contribution in [-0.2, 0) is 20.7 Å². The fraction of sp³-hybridized carbons (Fsp3) is 0.368. The number of amides is 1. The van der Waals surface area contributed by atoms with Gasteiger partial charge in [-0.1, -0.05) is 0 Å². The Balaban J connectivity index is 1.85. The number of hydrogen-bond donors (Lipinski definition) is 1. The molecule has 0 saturated carbocycles. The van der Waals surface area contributed by atoms with E-state index in [0.717, 1.165) is 0 Å².